The number of nitrogens with zero attached hydrogens (tertiary/aromatic N) is 3. The first-order valence-corrected chi connectivity index (χ1v) is 10.9. The molecule has 0 aliphatic carbocycles. The van der Waals surface area contributed by atoms with Crippen LogP contribution in [0.3, 0.4) is 0 Å². The Morgan fingerprint density at radius 3 is 2.66 bits per heavy atom. The van der Waals surface area contributed by atoms with E-state index < -0.39 is 6.04 Å². The molecular weight excluding hydrogens is 426 g/mol. The maximum Gasteiger partial charge on any atom is 0.290 e. The summed E-state index contributed by atoms with van der Waals surface area (Å²) in [5.41, 5.74) is 3.47. The summed E-state index contributed by atoms with van der Waals surface area (Å²) in [5, 5.41) is 1.05. The number of aryl methyl sites for hydroxylation is 3. The number of carbonyl (C=O) groups is 1. The molecule has 0 saturated carbocycles. The monoisotopic (exact) mass is 447 g/mol. The molecule has 3 heterocycles. The maximum atomic E-state index is 13.6. The molecule has 5 rings (SSSR count). The first-order valence-electron chi connectivity index (χ1n) is 10.5. The molecule has 0 bridgehead atoms. The topological polar surface area (TPSA) is 68.3 Å². The predicted octanol–water partition coefficient (Wildman–Crippen LogP) is 4.90. The van der Waals surface area contributed by atoms with E-state index in [4.69, 9.17) is 16.0 Å². The van der Waals surface area contributed by atoms with E-state index in [1.54, 1.807) is 23.5 Å². The van der Waals surface area contributed by atoms with Crippen molar-refractivity contribution in [1.82, 2.24) is 14.5 Å². The number of fused-ring (bicyclic) bond motifs is 2. The zero-order valence-corrected chi connectivity index (χ0v) is 18.6. The number of hydrogen-bond acceptors (Lipinski definition) is 4. The molecule has 0 radical (unpaired) electrons. The summed E-state index contributed by atoms with van der Waals surface area (Å²) in [6, 6.07) is 10.4. The van der Waals surface area contributed by atoms with Crippen LogP contribution < -0.4 is 5.43 Å². The second-order valence-electron chi connectivity index (χ2n) is 8.22. The molecule has 162 valence electrons. The summed E-state index contributed by atoms with van der Waals surface area (Å²) in [4.78, 5) is 32.8. The summed E-state index contributed by atoms with van der Waals surface area (Å²) in [5.74, 6) is -0.147. The molecule has 2 aromatic heterocycles. The molecule has 7 heteroatoms. The average Bonchev–Trinajstić information content (AvgIpc) is 3.37. The number of hydrogen-bond donors (Lipinski definition) is 0. The highest BCUT2D eigenvalue weighted by molar-refractivity contribution is 6.30. The van der Waals surface area contributed by atoms with Gasteiger partial charge in [0.2, 0.25) is 5.76 Å². The molecule has 1 atom stereocenters. The van der Waals surface area contributed by atoms with Gasteiger partial charge < -0.3 is 13.9 Å². The molecule has 6 nitrogen and oxygen atoms in total. The SMILES string of the molecule is Cc1cc2oc3c(c(=O)c2cc1C)[C@H](c1cccc(Cl)c1)N(CCCn1ccnc1)C3=O. The van der Waals surface area contributed by atoms with Gasteiger partial charge in [0.05, 0.1) is 23.3 Å². The number of carbonyl (C=O) groups excluding carboxylic acids is 1. The van der Waals surface area contributed by atoms with Crippen molar-refractivity contribution in [3.63, 3.8) is 0 Å². The normalized spacial score (nSPS) is 15.5. The standard InChI is InChI=1S/C25H22ClN3O3/c1-15-11-19-20(12-16(15)2)32-24-21(23(19)30)22(17-5-3-6-18(26)13-17)29(25(24)31)9-4-8-28-10-7-27-14-28/h3,5-7,10-14,22H,4,8-9H2,1-2H3/t22-/m0/s1. The van der Waals surface area contributed by atoms with Crippen molar-refractivity contribution >= 4 is 28.5 Å². The summed E-state index contributed by atoms with van der Waals surface area (Å²) in [7, 11) is 0. The first kappa shape index (κ1) is 20.5. The van der Waals surface area contributed by atoms with Crippen molar-refractivity contribution in [3.05, 3.63) is 98.4 Å². The van der Waals surface area contributed by atoms with E-state index in [0.717, 1.165) is 16.7 Å². The van der Waals surface area contributed by atoms with E-state index in [1.807, 2.05) is 54.9 Å². The number of aromatic nitrogens is 2. The lowest BCUT2D eigenvalue weighted by Crippen LogP contribution is -2.31. The Morgan fingerprint density at radius 2 is 1.91 bits per heavy atom. The second-order valence-corrected chi connectivity index (χ2v) is 8.65. The van der Waals surface area contributed by atoms with Gasteiger partial charge in [-0.1, -0.05) is 23.7 Å². The zero-order chi connectivity index (χ0) is 22.4. The summed E-state index contributed by atoms with van der Waals surface area (Å²) >= 11 is 6.26. The van der Waals surface area contributed by atoms with Crippen molar-refractivity contribution in [2.24, 2.45) is 0 Å². The maximum absolute atomic E-state index is 13.6. The lowest BCUT2D eigenvalue weighted by atomic mass is 9.97. The number of halogens is 1. The summed E-state index contributed by atoms with van der Waals surface area (Å²) < 4.78 is 8.02. The smallest absolute Gasteiger partial charge is 0.290 e. The summed E-state index contributed by atoms with van der Waals surface area (Å²) in [6.45, 7) is 5.10. The second kappa shape index (κ2) is 7.95. The highest BCUT2D eigenvalue weighted by Gasteiger charge is 2.42. The van der Waals surface area contributed by atoms with Gasteiger partial charge in [0.1, 0.15) is 5.58 Å². The van der Waals surface area contributed by atoms with Gasteiger partial charge in [-0.15, -0.1) is 0 Å². The first-order chi connectivity index (χ1) is 15.4. The third kappa shape index (κ3) is 3.41. The van der Waals surface area contributed by atoms with Crippen LogP contribution in [0.4, 0.5) is 0 Å². The Kier molecular flexibility index (Phi) is 5.10. The molecule has 32 heavy (non-hydrogen) atoms. The van der Waals surface area contributed by atoms with E-state index in [2.05, 4.69) is 4.98 Å². The van der Waals surface area contributed by atoms with E-state index in [0.29, 0.717) is 41.1 Å². The Labute approximate surface area is 190 Å². The number of imidazole rings is 1. The van der Waals surface area contributed by atoms with Crippen molar-refractivity contribution in [1.29, 1.82) is 0 Å². The highest BCUT2D eigenvalue weighted by Crippen LogP contribution is 2.39. The van der Waals surface area contributed by atoms with Crippen molar-refractivity contribution in [3.8, 4) is 0 Å². The van der Waals surface area contributed by atoms with Crippen LogP contribution in [0.5, 0.6) is 0 Å². The summed E-state index contributed by atoms with van der Waals surface area (Å²) in [6.07, 6.45) is 6.07. The van der Waals surface area contributed by atoms with Gasteiger partial charge in [0, 0.05) is 30.5 Å². The largest absolute Gasteiger partial charge is 0.450 e. The molecule has 4 aromatic rings. The van der Waals surface area contributed by atoms with Gasteiger partial charge >= 0.3 is 0 Å². The fraction of sp³-hybridized carbons (Fsp3) is 0.240. The number of benzene rings is 2. The Morgan fingerprint density at radius 1 is 1.09 bits per heavy atom. The van der Waals surface area contributed by atoms with E-state index in [9.17, 15) is 9.59 Å². The van der Waals surface area contributed by atoms with Gasteiger partial charge in [-0.05, 0) is 61.2 Å². The van der Waals surface area contributed by atoms with Crippen LogP contribution in [0.25, 0.3) is 11.0 Å². The van der Waals surface area contributed by atoms with Crippen LogP contribution >= 0.6 is 11.6 Å². The van der Waals surface area contributed by atoms with Crippen LogP contribution in [-0.2, 0) is 6.54 Å². The number of rotatable bonds is 5. The third-order valence-corrected chi connectivity index (χ3v) is 6.36. The van der Waals surface area contributed by atoms with Crippen LogP contribution in [0.15, 0.2) is 64.3 Å². The Hall–Kier alpha value is -3.38. The molecule has 1 aliphatic heterocycles. The van der Waals surface area contributed by atoms with Crippen molar-refractivity contribution in [2.45, 2.75) is 32.9 Å². The van der Waals surface area contributed by atoms with Gasteiger partial charge in [-0.2, -0.15) is 0 Å². The molecule has 2 aromatic carbocycles. The lowest BCUT2D eigenvalue weighted by molar-refractivity contribution is 0.0723. The quantitative estimate of drug-likeness (QED) is 0.436. The molecule has 1 aliphatic rings. The minimum atomic E-state index is -0.541. The molecule has 0 saturated heterocycles. The highest BCUT2D eigenvalue weighted by atomic mass is 35.5. The fourth-order valence-corrected chi connectivity index (χ4v) is 4.57. The number of amides is 1. The predicted molar refractivity (Wildman–Crippen MR) is 123 cm³/mol. The van der Waals surface area contributed by atoms with Crippen LogP contribution in [0.1, 0.15) is 45.3 Å². The van der Waals surface area contributed by atoms with Crippen molar-refractivity contribution in [2.75, 3.05) is 6.54 Å². The molecule has 0 N–H and O–H groups in total. The van der Waals surface area contributed by atoms with E-state index in [1.165, 1.54) is 0 Å². The van der Waals surface area contributed by atoms with Gasteiger partial charge in [0.25, 0.3) is 5.91 Å². The fourth-order valence-electron chi connectivity index (χ4n) is 4.37. The molecule has 1 amide bonds. The molecule has 0 unspecified atom stereocenters. The zero-order valence-electron chi connectivity index (χ0n) is 17.8. The average molecular weight is 448 g/mol. The van der Waals surface area contributed by atoms with Gasteiger partial charge in [0.15, 0.2) is 5.43 Å². The van der Waals surface area contributed by atoms with Gasteiger partial charge in [-0.25, -0.2) is 4.98 Å². The van der Waals surface area contributed by atoms with Gasteiger partial charge in [-0.3, -0.25) is 9.59 Å². The van der Waals surface area contributed by atoms with E-state index in [-0.39, 0.29) is 17.1 Å². The van der Waals surface area contributed by atoms with Crippen molar-refractivity contribution < 1.29 is 9.21 Å². The minimum Gasteiger partial charge on any atom is -0.450 e. The Bertz CT molecular complexity index is 1390. The third-order valence-electron chi connectivity index (χ3n) is 6.12. The van der Waals surface area contributed by atoms with E-state index >= 15 is 0 Å². The molecular formula is C25H22ClN3O3. The molecule has 0 fully saturated rings. The van der Waals surface area contributed by atoms with Crippen LogP contribution in [0, 0.1) is 13.8 Å². The Balaban J connectivity index is 1.63. The minimum absolute atomic E-state index is 0.123. The van der Waals surface area contributed by atoms with Crippen LogP contribution in [-0.4, -0.2) is 26.9 Å². The molecule has 0 spiro atoms. The van der Waals surface area contributed by atoms with Crippen LogP contribution in [0.2, 0.25) is 5.02 Å². The lowest BCUT2D eigenvalue weighted by Gasteiger charge is -2.25.